The fourth-order valence-corrected chi connectivity index (χ4v) is 2.63. The zero-order chi connectivity index (χ0) is 11.9. The lowest BCUT2D eigenvalue weighted by atomic mass is 9.86. The molecule has 2 saturated heterocycles. The number of hydrogen-bond donors (Lipinski definition) is 1. The fourth-order valence-electron chi connectivity index (χ4n) is 2.63. The molecule has 5 nitrogen and oxygen atoms in total. The number of H-pyrrole nitrogens is 1. The number of nitrogens with one attached hydrogen (secondary N) is 1. The van der Waals surface area contributed by atoms with E-state index in [9.17, 15) is 4.79 Å². The molecule has 0 aromatic carbocycles. The highest BCUT2D eigenvalue weighted by molar-refractivity contribution is 5.84. The Hall–Kier alpha value is -1.36. The summed E-state index contributed by atoms with van der Waals surface area (Å²) in [7, 11) is 0. The maximum Gasteiger partial charge on any atom is 0.233 e. The lowest BCUT2D eigenvalue weighted by molar-refractivity contribution is -0.169. The summed E-state index contributed by atoms with van der Waals surface area (Å²) in [5.74, 6) is 1.11. The van der Waals surface area contributed by atoms with Gasteiger partial charge in [0.25, 0.3) is 0 Å². The molecule has 3 rings (SSSR count). The summed E-state index contributed by atoms with van der Waals surface area (Å²) < 4.78 is 5.17. The van der Waals surface area contributed by atoms with Gasteiger partial charge in [0.15, 0.2) is 0 Å². The third kappa shape index (κ3) is 1.65. The minimum absolute atomic E-state index is 0.120. The van der Waals surface area contributed by atoms with Crippen molar-refractivity contribution in [2.45, 2.75) is 25.8 Å². The SMILES string of the molecule is CC1(C(=O)N2CCC[C@H]2c2ncc[nH]2)COC1. The van der Waals surface area contributed by atoms with Gasteiger partial charge in [0, 0.05) is 18.9 Å². The number of imidazole rings is 1. The Kier molecular flexibility index (Phi) is 2.43. The van der Waals surface area contributed by atoms with Gasteiger partial charge in [0.2, 0.25) is 5.91 Å². The van der Waals surface area contributed by atoms with E-state index in [-0.39, 0.29) is 17.4 Å². The second-order valence-electron chi connectivity index (χ2n) is 5.18. The summed E-state index contributed by atoms with van der Waals surface area (Å²) in [6.07, 6.45) is 5.60. The van der Waals surface area contributed by atoms with Crippen LogP contribution >= 0.6 is 0 Å². The minimum atomic E-state index is -0.310. The summed E-state index contributed by atoms with van der Waals surface area (Å²) in [6.45, 7) is 3.91. The van der Waals surface area contributed by atoms with Crippen LogP contribution in [0.25, 0.3) is 0 Å². The number of amides is 1. The largest absolute Gasteiger partial charge is 0.379 e. The Morgan fingerprint density at radius 3 is 3.06 bits per heavy atom. The summed E-state index contributed by atoms with van der Waals surface area (Å²) in [6, 6.07) is 0.120. The van der Waals surface area contributed by atoms with Crippen molar-refractivity contribution in [3.63, 3.8) is 0 Å². The molecule has 2 aliphatic heterocycles. The lowest BCUT2D eigenvalue weighted by Crippen LogP contribution is -2.53. The highest BCUT2D eigenvalue weighted by Gasteiger charge is 2.46. The molecule has 2 aliphatic rings. The van der Waals surface area contributed by atoms with Crippen LogP contribution in [-0.2, 0) is 9.53 Å². The van der Waals surface area contributed by atoms with Gasteiger partial charge < -0.3 is 14.6 Å². The molecule has 0 radical (unpaired) electrons. The molecule has 1 atom stereocenters. The molecule has 17 heavy (non-hydrogen) atoms. The van der Waals surface area contributed by atoms with Crippen LogP contribution in [0, 0.1) is 5.41 Å². The number of carbonyl (C=O) groups excluding carboxylic acids is 1. The summed E-state index contributed by atoms with van der Waals surface area (Å²) in [4.78, 5) is 21.8. The molecule has 3 heterocycles. The molecule has 0 bridgehead atoms. The van der Waals surface area contributed by atoms with E-state index in [0.717, 1.165) is 25.2 Å². The van der Waals surface area contributed by atoms with Crippen molar-refractivity contribution < 1.29 is 9.53 Å². The van der Waals surface area contributed by atoms with Crippen molar-refractivity contribution in [2.24, 2.45) is 5.41 Å². The van der Waals surface area contributed by atoms with Crippen LogP contribution in [0.3, 0.4) is 0 Å². The molecular weight excluding hydrogens is 218 g/mol. The first-order valence-corrected chi connectivity index (χ1v) is 6.09. The third-order valence-corrected chi connectivity index (χ3v) is 3.71. The number of nitrogens with zero attached hydrogens (tertiary/aromatic N) is 2. The van der Waals surface area contributed by atoms with E-state index < -0.39 is 0 Å². The van der Waals surface area contributed by atoms with Gasteiger partial charge in [-0.1, -0.05) is 0 Å². The number of rotatable bonds is 2. The minimum Gasteiger partial charge on any atom is -0.379 e. The lowest BCUT2D eigenvalue weighted by Gasteiger charge is -2.40. The van der Waals surface area contributed by atoms with Gasteiger partial charge in [0.05, 0.1) is 24.7 Å². The van der Waals surface area contributed by atoms with E-state index in [4.69, 9.17) is 4.74 Å². The summed E-state index contributed by atoms with van der Waals surface area (Å²) in [5, 5.41) is 0. The molecule has 0 aliphatic carbocycles. The molecule has 1 aromatic heterocycles. The van der Waals surface area contributed by atoms with E-state index in [1.165, 1.54) is 0 Å². The summed E-state index contributed by atoms with van der Waals surface area (Å²) in [5.41, 5.74) is -0.310. The Morgan fingerprint density at radius 2 is 2.47 bits per heavy atom. The molecular formula is C12H17N3O2. The van der Waals surface area contributed by atoms with Crippen molar-refractivity contribution in [1.82, 2.24) is 14.9 Å². The maximum absolute atomic E-state index is 12.5. The van der Waals surface area contributed by atoms with E-state index in [1.54, 1.807) is 6.20 Å². The first kappa shape index (κ1) is 10.8. The number of aromatic amines is 1. The number of hydrogen-bond acceptors (Lipinski definition) is 3. The van der Waals surface area contributed by atoms with Crippen molar-refractivity contribution >= 4 is 5.91 Å². The van der Waals surface area contributed by atoms with Crippen molar-refractivity contribution in [3.8, 4) is 0 Å². The normalized spacial score (nSPS) is 26.9. The topological polar surface area (TPSA) is 58.2 Å². The first-order chi connectivity index (χ1) is 8.21. The molecule has 0 saturated carbocycles. The van der Waals surface area contributed by atoms with Crippen LogP contribution in [0.15, 0.2) is 12.4 Å². The van der Waals surface area contributed by atoms with Crippen LogP contribution in [0.2, 0.25) is 0 Å². The standard InChI is InChI=1S/C12H17N3O2/c1-12(7-17-8-12)11(16)15-6-2-3-9(15)10-13-4-5-14-10/h4-5,9H,2-3,6-8H2,1H3,(H,13,14)/t9-/m0/s1. The zero-order valence-electron chi connectivity index (χ0n) is 9.98. The zero-order valence-corrected chi connectivity index (χ0v) is 9.98. The molecule has 5 heteroatoms. The van der Waals surface area contributed by atoms with E-state index >= 15 is 0 Å². The molecule has 0 spiro atoms. The Balaban J connectivity index is 1.80. The van der Waals surface area contributed by atoms with Crippen LogP contribution in [0.5, 0.6) is 0 Å². The van der Waals surface area contributed by atoms with Gasteiger partial charge in [-0.15, -0.1) is 0 Å². The monoisotopic (exact) mass is 235 g/mol. The van der Waals surface area contributed by atoms with Gasteiger partial charge in [-0.05, 0) is 19.8 Å². The molecule has 1 amide bonds. The van der Waals surface area contributed by atoms with Crippen LogP contribution in [0.4, 0.5) is 0 Å². The van der Waals surface area contributed by atoms with Gasteiger partial charge in [-0.25, -0.2) is 4.98 Å². The number of ether oxygens (including phenoxy) is 1. The van der Waals surface area contributed by atoms with Gasteiger partial charge >= 0.3 is 0 Å². The smallest absolute Gasteiger partial charge is 0.233 e. The molecule has 1 N–H and O–H groups in total. The van der Waals surface area contributed by atoms with Crippen LogP contribution in [-0.4, -0.2) is 40.5 Å². The summed E-state index contributed by atoms with van der Waals surface area (Å²) >= 11 is 0. The maximum atomic E-state index is 12.5. The van der Waals surface area contributed by atoms with Crippen molar-refractivity contribution in [2.75, 3.05) is 19.8 Å². The van der Waals surface area contributed by atoms with Crippen LogP contribution in [0.1, 0.15) is 31.6 Å². The van der Waals surface area contributed by atoms with Gasteiger partial charge in [0.1, 0.15) is 5.82 Å². The Bertz CT molecular complexity index is 411. The third-order valence-electron chi connectivity index (χ3n) is 3.71. The quantitative estimate of drug-likeness (QED) is 0.835. The van der Waals surface area contributed by atoms with E-state index in [0.29, 0.717) is 13.2 Å². The predicted molar refractivity (Wildman–Crippen MR) is 61.2 cm³/mol. The molecule has 2 fully saturated rings. The van der Waals surface area contributed by atoms with Crippen LogP contribution < -0.4 is 0 Å². The average molecular weight is 235 g/mol. The molecule has 92 valence electrons. The average Bonchev–Trinajstić information content (AvgIpc) is 2.93. The van der Waals surface area contributed by atoms with E-state index in [2.05, 4.69) is 9.97 Å². The Morgan fingerprint density at radius 1 is 1.65 bits per heavy atom. The highest BCUT2D eigenvalue weighted by atomic mass is 16.5. The Labute approximate surface area is 100 Å². The van der Waals surface area contributed by atoms with E-state index in [1.807, 2.05) is 18.0 Å². The molecule has 1 aromatic rings. The van der Waals surface area contributed by atoms with Gasteiger partial charge in [-0.2, -0.15) is 0 Å². The number of aromatic nitrogens is 2. The fraction of sp³-hybridized carbons (Fsp3) is 0.667. The molecule has 0 unspecified atom stereocenters. The van der Waals surface area contributed by atoms with Gasteiger partial charge in [-0.3, -0.25) is 4.79 Å². The second-order valence-corrected chi connectivity index (χ2v) is 5.18. The number of likely N-dealkylation sites (tertiary alicyclic amines) is 1. The predicted octanol–water partition coefficient (Wildman–Crippen LogP) is 1.11. The highest BCUT2D eigenvalue weighted by Crippen LogP contribution is 2.36. The first-order valence-electron chi connectivity index (χ1n) is 6.09. The number of carbonyl (C=O) groups is 1. The second kappa shape index (κ2) is 3.84. The van der Waals surface area contributed by atoms with Crippen molar-refractivity contribution in [3.05, 3.63) is 18.2 Å². The van der Waals surface area contributed by atoms with Crippen molar-refractivity contribution in [1.29, 1.82) is 0 Å².